The molecule has 0 radical (unpaired) electrons. The first-order valence-corrected chi connectivity index (χ1v) is 15.2. The molecule has 0 fully saturated rings. The van der Waals surface area contributed by atoms with Gasteiger partial charge in [0, 0.05) is 36.5 Å². The zero-order valence-electron chi connectivity index (χ0n) is 26.3. The number of azide groups is 1. The van der Waals surface area contributed by atoms with E-state index >= 15 is 0 Å². The van der Waals surface area contributed by atoms with Gasteiger partial charge in [0.25, 0.3) is 5.91 Å². The Balaban J connectivity index is 1.58. The molecule has 1 aliphatic heterocycles. The first-order chi connectivity index (χ1) is 23.0. The molecule has 0 aliphatic carbocycles. The van der Waals surface area contributed by atoms with Crippen LogP contribution in [0.5, 0.6) is 17.2 Å². The Bertz CT molecular complexity index is 1740. The Morgan fingerprint density at radius 1 is 0.979 bits per heavy atom. The maximum absolute atomic E-state index is 14.6. The van der Waals surface area contributed by atoms with Crippen LogP contribution in [0.1, 0.15) is 40.3 Å². The summed E-state index contributed by atoms with van der Waals surface area (Å²) in [4.78, 5) is 22.7. The molecule has 4 aromatic carbocycles. The van der Waals surface area contributed by atoms with Crippen LogP contribution in [-0.4, -0.2) is 49.9 Å². The average Bonchev–Trinajstić information content (AvgIpc) is 3.50. The minimum absolute atomic E-state index is 0.0445. The van der Waals surface area contributed by atoms with Crippen molar-refractivity contribution in [2.45, 2.75) is 37.6 Å². The Labute approximate surface area is 273 Å². The molecule has 0 saturated carbocycles. The molecule has 2 atom stereocenters. The highest BCUT2D eigenvalue weighted by Gasteiger charge is 2.53. The van der Waals surface area contributed by atoms with Gasteiger partial charge < -0.3 is 29.4 Å². The van der Waals surface area contributed by atoms with Crippen LogP contribution in [0.15, 0.2) is 107 Å². The molecule has 242 valence electrons. The van der Waals surface area contributed by atoms with Crippen LogP contribution in [0.2, 0.25) is 0 Å². The van der Waals surface area contributed by atoms with E-state index in [4.69, 9.17) is 34.6 Å². The second kappa shape index (κ2) is 15.7. The maximum atomic E-state index is 14.6. The number of nitrogens with one attached hydrogen (secondary N) is 1. The summed E-state index contributed by atoms with van der Waals surface area (Å²) in [5.74, 6) is 1.74. The van der Waals surface area contributed by atoms with Gasteiger partial charge in [-0.1, -0.05) is 65.8 Å². The number of aliphatic imine (C=N–C) groups is 1. The lowest BCUT2D eigenvalue weighted by Crippen LogP contribution is -2.49. The Morgan fingerprint density at radius 2 is 1.72 bits per heavy atom. The molecule has 11 nitrogen and oxygen atoms in total. The van der Waals surface area contributed by atoms with Gasteiger partial charge >= 0.3 is 0 Å². The molecule has 0 aromatic heterocycles. The quantitative estimate of drug-likeness (QED) is 0.0699. The molecule has 0 spiro atoms. The fourth-order valence-electron chi connectivity index (χ4n) is 5.53. The number of benzene rings is 4. The van der Waals surface area contributed by atoms with Gasteiger partial charge in [-0.15, -0.1) is 0 Å². The summed E-state index contributed by atoms with van der Waals surface area (Å²) >= 11 is 0. The van der Waals surface area contributed by atoms with Crippen LogP contribution >= 0.6 is 0 Å². The number of carbonyl (C=O) groups is 1. The van der Waals surface area contributed by atoms with Crippen molar-refractivity contribution in [1.29, 1.82) is 0 Å². The predicted molar refractivity (Wildman–Crippen MR) is 178 cm³/mol. The summed E-state index contributed by atoms with van der Waals surface area (Å²) in [7, 11) is 3.13. The average molecular weight is 636 g/mol. The predicted octanol–water partition coefficient (Wildman–Crippen LogP) is 6.09. The minimum atomic E-state index is -1.43. The van der Waals surface area contributed by atoms with Crippen LogP contribution in [0.4, 0.5) is 0 Å². The van der Waals surface area contributed by atoms with Gasteiger partial charge in [-0.3, -0.25) is 4.79 Å². The molecule has 11 heteroatoms. The van der Waals surface area contributed by atoms with E-state index < -0.39 is 11.6 Å². The summed E-state index contributed by atoms with van der Waals surface area (Å²) in [5, 5.41) is 16.0. The molecule has 1 aliphatic rings. The van der Waals surface area contributed by atoms with Gasteiger partial charge in [0.2, 0.25) is 5.90 Å². The van der Waals surface area contributed by atoms with E-state index in [0.29, 0.717) is 47.3 Å². The monoisotopic (exact) mass is 635 g/mol. The summed E-state index contributed by atoms with van der Waals surface area (Å²) in [6.07, 6.45) is -0.0962. The first-order valence-electron chi connectivity index (χ1n) is 15.2. The third-order valence-corrected chi connectivity index (χ3v) is 7.89. The Kier molecular flexibility index (Phi) is 11.0. The smallest absolute Gasteiger partial charge is 0.252 e. The van der Waals surface area contributed by atoms with Gasteiger partial charge in [-0.2, -0.15) is 0 Å². The number of aliphatic hydroxyl groups excluding tert-OH is 1. The molecule has 1 amide bonds. The van der Waals surface area contributed by atoms with E-state index in [1.54, 1.807) is 32.4 Å². The summed E-state index contributed by atoms with van der Waals surface area (Å²) in [5.41, 5.74) is 11.5. The molecular formula is C36H37N5O6. The topological polar surface area (TPSA) is 147 Å². The van der Waals surface area contributed by atoms with E-state index in [0.717, 1.165) is 16.7 Å². The molecule has 1 heterocycles. The van der Waals surface area contributed by atoms with Crippen molar-refractivity contribution in [2.75, 3.05) is 27.4 Å². The highest BCUT2D eigenvalue weighted by atomic mass is 16.5. The Morgan fingerprint density at radius 3 is 2.45 bits per heavy atom. The van der Waals surface area contributed by atoms with Crippen molar-refractivity contribution in [2.24, 2.45) is 10.1 Å². The molecule has 5 rings (SSSR count). The fraction of sp³-hybridized carbons (Fsp3) is 0.278. The lowest BCUT2D eigenvalue weighted by Gasteiger charge is -2.32. The second-order valence-electron chi connectivity index (χ2n) is 10.9. The molecule has 4 aromatic rings. The van der Waals surface area contributed by atoms with Crippen molar-refractivity contribution in [3.8, 4) is 17.2 Å². The first kappa shape index (κ1) is 32.9. The van der Waals surface area contributed by atoms with Crippen LogP contribution < -0.4 is 19.5 Å². The van der Waals surface area contributed by atoms with Gasteiger partial charge in [-0.25, -0.2) is 4.99 Å². The van der Waals surface area contributed by atoms with Crippen LogP contribution in [0, 0.1) is 0 Å². The number of aliphatic hydroxyl groups is 1. The third kappa shape index (κ3) is 7.66. The van der Waals surface area contributed by atoms with Gasteiger partial charge in [0.05, 0.1) is 27.4 Å². The normalized spacial score (nSPS) is 16.7. The van der Waals surface area contributed by atoms with Crippen LogP contribution in [0.25, 0.3) is 10.4 Å². The number of amides is 1. The summed E-state index contributed by atoms with van der Waals surface area (Å²) in [6.45, 7) is 0.713. The molecular weight excluding hydrogens is 598 g/mol. The number of methoxy groups -OCH3 is 2. The van der Waals surface area contributed by atoms with Gasteiger partial charge in [-0.05, 0) is 64.2 Å². The number of hydrogen-bond acceptors (Lipinski definition) is 8. The molecule has 47 heavy (non-hydrogen) atoms. The SMILES string of the molecule is COc1ccc(CNC(=O)[C@]2(Cc3ccccc3)N=C(c3ccc(OCCCO)cc3)O[C@@H]2c2ccccc2CN=[N+]=[N-])cc1OC. The van der Waals surface area contributed by atoms with Gasteiger partial charge in [0.15, 0.2) is 23.1 Å². The molecule has 0 bridgehead atoms. The highest BCUT2D eigenvalue weighted by Crippen LogP contribution is 2.44. The van der Waals surface area contributed by atoms with E-state index in [-0.39, 0.29) is 32.0 Å². The third-order valence-electron chi connectivity index (χ3n) is 7.89. The van der Waals surface area contributed by atoms with Gasteiger partial charge in [0.1, 0.15) is 5.75 Å². The minimum Gasteiger partial charge on any atom is -0.494 e. The second-order valence-corrected chi connectivity index (χ2v) is 10.9. The number of nitrogens with zero attached hydrogens (tertiary/aromatic N) is 4. The summed E-state index contributed by atoms with van der Waals surface area (Å²) < 4.78 is 23.2. The summed E-state index contributed by atoms with van der Waals surface area (Å²) in [6, 6.07) is 29.9. The largest absolute Gasteiger partial charge is 0.494 e. The zero-order valence-corrected chi connectivity index (χ0v) is 26.3. The molecule has 2 N–H and O–H groups in total. The number of hydrogen-bond donors (Lipinski definition) is 2. The van der Waals surface area contributed by atoms with Crippen molar-refractivity contribution in [1.82, 2.24) is 5.32 Å². The fourth-order valence-corrected chi connectivity index (χ4v) is 5.53. The van der Waals surface area contributed by atoms with E-state index in [2.05, 4.69) is 15.3 Å². The number of ether oxygens (including phenoxy) is 4. The lowest BCUT2D eigenvalue weighted by atomic mass is 9.80. The van der Waals surface area contributed by atoms with Crippen molar-refractivity contribution < 1.29 is 28.8 Å². The van der Waals surface area contributed by atoms with Crippen LogP contribution in [-0.2, 0) is 29.0 Å². The van der Waals surface area contributed by atoms with Crippen molar-refractivity contribution in [3.05, 3.63) is 135 Å². The standard InChI is InChI=1S/C36H37N5O6/c1-44-31-18-13-26(21-32(31)45-2)23-38-35(43)36(22-25-9-4-3-5-10-25)33(30-12-7-6-11-28(30)24-39-41-37)47-34(40-36)27-14-16-29(17-15-27)46-20-8-19-42/h3-7,9-18,21,33,42H,8,19-20,22-24H2,1-2H3,(H,38,43)/t33-,36-/m1/s1. The molecule has 0 saturated heterocycles. The van der Waals surface area contributed by atoms with E-state index in [1.165, 1.54) is 0 Å². The van der Waals surface area contributed by atoms with E-state index in [9.17, 15) is 4.79 Å². The number of carbonyl (C=O) groups excluding carboxylic acids is 1. The van der Waals surface area contributed by atoms with E-state index in [1.807, 2.05) is 78.9 Å². The Hall–Kier alpha value is -5.51. The zero-order chi connectivity index (χ0) is 33.1. The number of rotatable bonds is 15. The lowest BCUT2D eigenvalue weighted by molar-refractivity contribution is -0.129. The van der Waals surface area contributed by atoms with Crippen molar-refractivity contribution in [3.63, 3.8) is 0 Å². The van der Waals surface area contributed by atoms with Crippen LogP contribution in [0.3, 0.4) is 0 Å². The molecule has 0 unspecified atom stereocenters. The highest BCUT2D eigenvalue weighted by molar-refractivity contribution is 6.01. The van der Waals surface area contributed by atoms with Crippen molar-refractivity contribution >= 4 is 11.8 Å². The maximum Gasteiger partial charge on any atom is 0.252 e.